The molecule has 0 saturated carbocycles. The van der Waals surface area contributed by atoms with Crippen molar-refractivity contribution in [3.05, 3.63) is 64.0 Å². The molecule has 1 heterocycles. The Labute approximate surface area is 153 Å². The molecular weight excluding hydrogens is 360 g/mol. The summed E-state index contributed by atoms with van der Waals surface area (Å²) >= 11 is 7.10. The molecule has 0 radical (unpaired) electrons. The van der Waals surface area contributed by atoms with E-state index < -0.39 is 0 Å². The number of carbonyl (C=O) groups is 2. The van der Waals surface area contributed by atoms with E-state index in [0.29, 0.717) is 26.5 Å². The molecule has 0 aliphatic carbocycles. The molecule has 5 nitrogen and oxygen atoms in total. The van der Waals surface area contributed by atoms with E-state index in [4.69, 9.17) is 16.3 Å². The summed E-state index contributed by atoms with van der Waals surface area (Å²) in [5.41, 5.74) is 1.53. The summed E-state index contributed by atoms with van der Waals surface area (Å²) in [6.07, 6.45) is 1.75. The molecule has 0 bridgehead atoms. The Morgan fingerprint density at radius 1 is 1.16 bits per heavy atom. The van der Waals surface area contributed by atoms with Crippen LogP contribution in [0, 0.1) is 0 Å². The number of halogens is 1. The number of nitrogens with one attached hydrogen (secondary N) is 1. The van der Waals surface area contributed by atoms with Crippen molar-refractivity contribution in [3.63, 3.8) is 0 Å². The van der Waals surface area contributed by atoms with Crippen LogP contribution in [-0.2, 0) is 9.59 Å². The first-order chi connectivity index (χ1) is 12.0. The first-order valence-electron chi connectivity index (χ1n) is 7.33. The van der Waals surface area contributed by atoms with Gasteiger partial charge in [-0.3, -0.25) is 9.59 Å². The molecule has 0 aromatic heterocycles. The number of hydrogen-bond acceptors (Lipinski definition) is 5. The molecule has 126 valence electrons. The third-order valence-electron chi connectivity index (χ3n) is 3.15. The number of esters is 1. The van der Waals surface area contributed by atoms with Crippen molar-refractivity contribution < 1.29 is 14.3 Å². The number of hydrogen-bond donors (Lipinski definition) is 1. The minimum Gasteiger partial charge on any atom is -0.427 e. The zero-order valence-electron chi connectivity index (χ0n) is 13.2. The fraction of sp³-hybridized carbons (Fsp3) is 0.0556. The summed E-state index contributed by atoms with van der Waals surface area (Å²) in [5, 5.41) is 3.87. The van der Waals surface area contributed by atoms with Crippen LogP contribution in [0.1, 0.15) is 12.5 Å². The van der Waals surface area contributed by atoms with Gasteiger partial charge >= 0.3 is 5.97 Å². The van der Waals surface area contributed by atoms with Gasteiger partial charge in [-0.15, -0.1) is 0 Å². The van der Waals surface area contributed by atoms with E-state index in [1.807, 2.05) is 0 Å². The fourth-order valence-corrected chi connectivity index (χ4v) is 3.03. The maximum Gasteiger partial charge on any atom is 0.308 e. The third kappa shape index (κ3) is 4.71. The molecule has 1 aliphatic rings. The maximum atomic E-state index is 12.1. The number of thioether (sulfide) groups is 1. The van der Waals surface area contributed by atoms with Crippen LogP contribution in [0.25, 0.3) is 6.08 Å². The Kier molecular flexibility index (Phi) is 5.21. The molecule has 25 heavy (non-hydrogen) atoms. The van der Waals surface area contributed by atoms with E-state index >= 15 is 0 Å². The van der Waals surface area contributed by atoms with Gasteiger partial charge in [0.1, 0.15) is 5.75 Å². The first-order valence-corrected chi connectivity index (χ1v) is 8.53. The minimum absolute atomic E-state index is 0.207. The smallest absolute Gasteiger partial charge is 0.308 e. The Balaban J connectivity index is 1.74. The second-order valence-electron chi connectivity index (χ2n) is 5.12. The average Bonchev–Trinajstić information content (AvgIpc) is 2.90. The topological polar surface area (TPSA) is 67.8 Å². The summed E-state index contributed by atoms with van der Waals surface area (Å²) in [6, 6.07) is 13.9. The van der Waals surface area contributed by atoms with Crippen LogP contribution in [0.4, 0.5) is 5.69 Å². The molecule has 1 aliphatic heterocycles. The molecule has 2 aromatic carbocycles. The van der Waals surface area contributed by atoms with Gasteiger partial charge in [0.2, 0.25) is 0 Å². The van der Waals surface area contributed by atoms with Gasteiger partial charge in [0, 0.05) is 11.9 Å². The van der Waals surface area contributed by atoms with E-state index in [1.165, 1.54) is 18.7 Å². The van der Waals surface area contributed by atoms with Crippen molar-refractivity contribution in [2.75, 3.05) is 0 Å². The highest BCUT2D eigenvalue weighted by Gasteiger charge is 2.23. The molecule has 1 amide bonds. The first kappa shape index (κ1) is 17.3. The van der Waals surface area contributed by atoms with Crippen LogP contribution in [0.15, 0.2) is 58.4 Å². The fourth-order valence-electron chi connectivity index (χ4n) is 2.06. The predicted octanol–water partition coefficient (Wildman–Crippen LogP) is 4.16. The average molecular weight is 373 g/mol. The molecule has 1 fully saturated rings. The Bertz CT molecular complexity index is 874. The standard InChI is InChI=1S/C18H13ClN2O3S/c1-11(22)24-15-8-2-12(3-9-15)10-16-17(23)21-18(25-16)20-14-6-4-13(19)5-7-14/h2-10H,1H3,(H,20,21,23)/b16-10-. The number of nitrogens with zero attached hydrogens (tertiary/aromatic N) is 1. The van der Waals surface area contributed by atoms with E-state index in [-0.39, 0.29) is 11.9 Å². The lowest BCUT2D eigenvalue weighted by molar-refractivity contribution is -0.131. The van der Waals surface area contributed by atoms with Crippen molar-refractivity contribution in [3.8, 4) is 5.75 Å². The second-order valence-corrected chi connectivity index (χ2v) is 6.59. The van der Waals surface area contributed by atoms with Gasteiger partial charge in [0.25, 0.3) is 5.91 Å². The molecule has 0 atom stereocenters. The quantitative estimate of drug-likeness (QED) is 0.499. The van der Waals surface area contributed by atoms with E-state index in [1.54, 1.807) is 54.6 Å². The number of amides is 1. The van der Waals surface area contributed by atoms with Gasteiger partial charge in [0.05, 0.1) is 10.6 Å². The maximum absolute atomic E-state index is 12.1. The van der Waals surface area contributed by atoms with Crippen molar-refractivity contribution in [1.29, 1.82) is 0 Å². The number of aliphatic imine (C=N–C) groups is 1. The highest BCUT2D eigenvalue weighted by Crippen LogP contribution is 2.28. The van der Waals surface area contributed by atoms with Gasteiger partial charge in [-0.05, 0) is 59.8 Å². The van der Waals surface area contributed by atoms with E-state index in [9.17, 15) is 9.59 Å². The summed E-state index contributed by atoms with van der Waals surface area (Å²) < 4.78 is 4.98. The molecule has 1 saturated heterocycles. The molecule has 0 spiro atoms. The van der Waals surface area contributed by atoms with E-state index in [2.05, 4.69) is 10.3 Å². The summed E-state index contributed by atoms with van der Waals surface area (Å²) in [5.74, 6) is -0.121. The highest BCUT2D eigenvalue weighted by molar-refractivity contribution is 8.18. The molecule has 2 aromatic rings. The lowest BCUT2D eigenvalue weighted by Gasteiger charge is -2.01. The largest absolute Gasteiger partial charge is 0.427 e. The van der Waals surface area contributed by atoms with Crippen LogP contribution >= 0.6 is 23.4 Å². The SMILES string of the molecule is CC(=O)Oc1ccc(/C=C2\SC(=Nc3ccc(Cl)cc3)NC2=O)cc1. The van der Waals surface area contributed by atoms with Crippen LogP contribution in [0.3, 0.4) is 0 Å². The number of rotatable bonds is 3. The van der Waals surface area contributed by atoms with Crippen molar-refractivity contribution in [2.45, 2.75) is 6.92 Å². The molecule has 0 unspecified atom stereocenters. The lowest BCUT2D eigenvalue weighted by Crippen LogP contribution is -2.19. The second kappa shape index (κ2) is 7.55. The van der Waals surface area contributed by atoms with Crippen molar-refractivity contribution in [1.82, 2.24) is 5.32 Å². The van der Waals surface area contributed by atoms with Crippen molar-refractivity contribution >= 4 is 52.2 Å². The van der Waals surface area contributed by atoms with Crippen LogP contribution in [0.5, 0.6) is 5.75 Å². The summed E-state index contributed by atoms with van der Waals surface area (Å²) in [7, 11) is 0. The van der Waals surface area contributed by atoms with Crippen LogP contribution in [0.2, 0.25) is 5.02 Å². The third-order valence-corrected chi connectivity index (χ3v) is 4.31. The Morgan fingerprint density at radius 2 is 1.84 bits per heavy atom. The zero-order valence-corrected chi connectivity index (χ0v) is 14.7. The van der Waals surface area contributed by atoms with E-state index in [0.717, 1.165) is 5.56 Å². The van der Waals surface area contributed by atoms with Gasteiger partial charge in [-0.25, -0.2) is 4.99 Å². The number of carbonyl (C=O) groups excluding carboxylic acids is 2. The number of benzene rings is 2. The zero-order chi connectivity index (χ0) is 17.8. The molecular formula is C18H13ClN2O3S. The van der Waals surface area contributed by atoms with Gasteiger partial charge in [-0.1, -0.05) is 23.7 Å². The predicted molar refractivity (Wildman–Crippen MR) is 100 cm³/mol. The van der Waals surface area contributed by atoms with Gasteiger partial charge < -0.3 is 10.1 Å². The van der Waals surface area contributed by atoms with Crippen LogP contribution in [-0.4, -0.2) is 17.0 Å². The molecule has 3 rings (SSSR count). The minimum atomic E-state index is -0.375. The number of ether oxygens (including phenoxy) is 1. The highest BCUT2D eigenvalue weighted by atomic mass is 35.5. The monoisotopic (exact) mass is 372 g/mol. The molecule has 1 N–H and O–H groups in total. The Hall–Kier alpha value is -2.57. The summed E-state index contributed by atoms with van der Waals surface area (Å²) in [6.45, 7) is 1.34. The number of amidine groups is 1. The Morgan fingerprint density at radius 3 is 2.48 bits per heavy atom. The van der Waals surface area contributed by atoms with Gasteiger partial charge in [-0.2, -0.15) is 0 Å². The normalized spacial score (nSPS) is 17.0. The van der Waals surface area contributed by atoms with Gasteiger partial charge in [0.15, 0.2) is 5.17 Å². The lowest BCUT2D eigenvalue weighted by atomic mass is 10.2. The van der Waals surface area contributed by atoms with Crippen LogP contribution < -0.4 is 10.1 Å². The summed E-state index contributed by atoms with van der Waals surface area (Å²) in [4.78, 5) is 27.9. The molecule has 7 heteroatoms. The van der Waals surface area contributed by atoms with Crippen molar-refractivity contribution in [2.24, 2.45) is 4.99 Å².